The number of hydrogen-bond donors (Lipinski definition) is 0. The van der Waals surface area contributed by atoms with Gasteiger partial charge in [-0.3, -0.25) is 4.79 Å². The van der Waals surface area contributed by atoms with Gasteiger partial charge in [-0.15, -0.1) is 0 Å². The quantitative estimate of drug-likeness (QED) is 0.809. The molecule has 1 heterocycles. The molecule has 0 radical (unpaired) electrons. The number of allylic oxidation sites excluding steroid dienone is 1. The Morgan fingerprint density at radius 3 is 2.41 bits per heavy atom. The number of likely N-dealkylation sites (N-methyl/N-ethyl adjacent to an activating group) is 1. The second-order valence-electron chi connectivity index (χ2n) is 5.80. The van der Waals surface area contributed by atoms with Crippen molar-refractivity contribution in [1.82, 2.24) is 4.90 Å². The van der Waals surface area contributed by atoms with Gasteiger partial charge < -0.3 is 14.1 Å². The molecule has 0 saturated carbocycles. The normalized spacial score (nSPS) is 11.9. The molecule has 4 heteroatoms. The van der Waals surface area contributed by atoms with Crippen molar-refractivity contribution in [2.45, 2.75) is 27.7 Å². The van der Waals surface area contributed by atoms with Crippen LogP contribution in [-0.4, -0.2) is 32.0 Å². The number of amides is 1. The third-order valence-corrected chi connectivity index (χ3v) is 4.06. The number of carbonyl (C=O) groups is 1. The van der Waals surface area contributed by atoms with Gasteiger partial charge in [0.05, 0.1) is 7.11 Å². The molecule has 0 N–H and O–H groups in total. The van der Waals surface area contributed by atoms with Crippen molar-refractivity contribution in [1.29, 1.82) is 0 Å². The molecule has 0 saturated heterocycles. The monoisotopic (exact) mass is 301 g/mol. The number of nitrogens with zero attached hydrogens (tertiary/aromatic N) is 1. The van der Waals surface area contributed by atoms with Crippen LogP contribution in [0.5, 0.6) is 5.75 Å². The van der Waals surface area contributed by atoms with Crippen molar-refractivity contribution in [3.05, 3.63) is 34.6 Å². The van der Waals surface area contributed by atoms with Gasteiger partial charge in [0.1, 0.15) is 17.1 Å². The second kappa shape index (κ2) is 5.87. The molecule has 0 bridgehead atoms. The molecule has 2 aromatic rings. The standard InChI is InChI=1S/C18H23NO3/c1-10(8-16(20)19(5)6)14-9-15-11(2)13(4)22-18(15)12(3)17(14)21-7/h8-9H,1-7H3/b10-8+. The minimum absolute atomic E-state index is 0.0441. The van der Waals surface area contributed by atoms with Crippen LogP contribution in [-0.2, 0) is 4.79 Å². The summed E-state index contributed by atoms with van der Waals surface area (Å²) in [6.07, 6.45) is 1.63. The van der Waals surface area contributed by atoms with Gasteiger partial charge in [-0.1, -0.05) is 0 Å². The van der Waals surface area contributed by atoms with Gasteiger partial charge in [0.15, 0.2) is 0 Å². The number of ether oxygens (including phenoxy) is 1. The summed E-state index contributed by atoms with van der Waals surface area (Å²) in [5.74, 6) is 1.61. The molecule has 0 aliphatic rings. The van der Waals surface area contributed by atoms with E-state index in [-0.39, 0.29) is 5.91 Å². The Morgan fingerprint density at radius 2 is 1.86 bits per heavy atom. The Balaban J connectivity index is 2.72. The summed E-state index contributed by atoms with van der Waals surface area (Å²) in [4.78, 5) is 13.5. The fraction of sp³-hybridized carbons (Fsp3) is 0.389. The minimum Gasteiger partial charge on any atom is -0.496 e. The van der Waals surface area contributed by atoms with Gasteiger partial charge in [0, 0.05) is 36.7 Å². The molecule has 1 amide bonds. The van der Waals surface area contributed by atoms with Crippen molar-refractivity contribution in [2.24, 2.45) is 0 Å². The summed E-state index contributed by atoms with van der Waals surface area (Å²) in [6, 6.07) is 2.04. The van der Waals surface area contributed by atoms with E-state index < -0.39 is 0 Å². The molecule has 1 aromatic heterocycles. The third-order valence-electron chi connectivity index (χ3n) is 4.06. The Hall–Kier alpha value is -2.23. The van der Waals surface area contributed by atoms with E-state index >= 15 is 0 Å². The molecule has 118 valence electrons. The summed E-state index contributed by atoms with van der Waals surface area (Å²) >= 11 is 0. The predicted molar refractivity (Wildman–Crippen MR) is 89.3 cm³/mol. The maximum absolute atomic E-state index is 11.9. The lowest BCUT2D eigenvalue weighted by Gasteiger charge is -2.14. The molecule has 22 heavy (non-hydrogen) atoms. The number of benzene rings is 1. The van der Waals surface area contributed by atoms with Crippen LogP contribution in [0.3, 0.4) is 0 Å². The molecule has 0 aliphatic heterocycles. The number of methoxy groups -OCH3 is 1. The number of fused-ring (bicyclic) bond motifs is 1. The van der Waals surface area contributed by atoms with Crippen molar-refractivity contribution in [3.63, 3.8) is 0 Å². The van der Waals surface area contributed by atoms with E-state index in [9.17, 15) is 4.79 Å². The van der Waals surface area contributed by atoms with E-state index in [4.69, 9.17) is 9.15 Å². The SMILES string of the molecule is COc1c(/C(C)=C/C(=O)N(C)C)cc2c(C)c(C)oc2c1C. The zero-order valence-corrected chi connectivity index (χ0v) is 14.3. The highest BCUT2D eigenvalue weighted by Crippen LogP contribution is 2.38. The van der Waals surface area contributed by atoms with E-state index in [1.165, 1.54) is 0 Å². The zero-order chi connectivity index (χ0) is 16.6. The van der Waals surface area contributed by atoms with Crippen LogP contribution >= 0.6 is 0 Å². The van der Waals surface area contributed by atoms with Crippen LogP contribution < -0.4 is 4.74 Å². The van der Waals surface area contributed by atoms with Gasteiger partial charge in [-0.25, -0.2) is 0 Å². The number of carbonyl (C=O) groups excluding carboxylic acids is 1. The average molecular weight is 301 g/mol. The Labute approximate surface area is 131 Å². The first kappa shape index (κ1) is 16.1. The Kier molecular flexibility index (Phi) is 4.31. The first-order chi connectivity index (χ1) is 10.3. The fourth-order valence-corrected chi connectivity index (χ4v) is 2.56. The van der Waals surface area contributed by atoms with E-state index in [0.717, 1.165) is 44.7 Å². The number of furan rings is 1. The van der Waals surface area contributed by atoms with Crippen molar-refractivity contribution < 1.29 is 13.9 Å². The van der Waals surface area contributed by atoms with Gasteiger partial charge in [0.25, 0.3) is 0 Å². The zero-order valence-electron chi connectivity index (χ0n) is 14.3. The fourth-order valence-electron chi connectivity index (χ4n) is 2.56. The number of hydrogen-bond acceptors (Lipinski definition) is 3. The third kappa shape index (κ3) is 2.61. The van der Waals surface area contributed by atoms with Gasteiger partial charge >= 0.3 is 0 Å². The van der Waals surface area contributed by atoms with E-state index in [0.29, 0.717) is 0 Å². The lowest BCUT2D eigenvalue weighted by molar-refractivity contribution is -0.123. The molecule has 0 fully saturated rings. The molecule has 0 unspecified atom stereocenters. The first-order valence-electron chi connectivity index (χ1n) is 7.25. The van der Waals surface area contributed by atoms with Crippen LogP contribution in [0.1, 0.15) is 29.4 Å². The highest BCUT2D eigenvalue weighted by Gasteiger charge is 2.18. The Bertz CT molecular complexity index is 766. The highest BCUT2D eigenvalue weighted by atomic mass is 16.5. The van der Waals surface area contributed by atoms with Gasteiger partial charge in [-0.05, 0) is 44.9 Å². The van der Waals surface area contributed by atoms with Crippen LogP contribution in [0.15, 0.2) is 16.6 Å². The van der Waals surface area contributed by atoms with Crippen LogP contribution in [0.4, 0.5) is 0 Å². The molecule has 0 spiro atoms. The highest BCUT2D eigenvalue weighted by molar-refractivity contribution is 5.98. The van der Waals surface area contributed by atoms with Crippen molar-refractivity contribution >= 4 is 22.4 Å². The summed E-state index contributed by atoms with van der Waals surface area (Å²) in [7, 11) is 5.12. The molecule has 2 rings (SSSR count). The van der Waals surface area contributed by atoms with Crippen molar-refractivity contribution in [3.8, 4) is 5.75 Å². The van der Waals surface area contributed by atoms with Crippen molar-refractivity contribution in [2.75, 3.05) is 21.2 Å². The molecular formula is C18H23NO3. The van der Waals surface area contributed by atoms with E-state index in [1.54, 1.807) is 32.2 Å². The number of rotatable bonds is 3. The molecule has 4 nitrogen and oxygen atoms in total. The second-order valence-corrected chi connectivity index (χ2v) is 5.80. The van der Waals surface area contributed by atoms with Gasteiger partial charge in [0.2, 0.25) is 5.91 Å². The molecular weight excluding hydrogens is 278 g/mol. The smallest absolute Gasteiger partial charge is 0.246 e. The van der Waals surface area contributed by atoms with E-state index in [1.807, 2.05) is 33.8 Å². The van der Waals surface area contributed by atoms with Gasteiger partial charge in [-0.2, -0.15) is 0 Å². The van der Waals surface area contributed by atoms with Crippen LogP contribution in [0.2, 0.25) is 0 Å². The summed E-state index contributed by atoms with van der Waals surface area (Å²) < 4.78 is 11.4. The maximum atomic E-state index is 11.9. The summed E-state index contributed by atoms with van der Waals surface area (Å²) in [5.41, 5.74) is 4.72. The van der Waals surface area contributed by atoms with Crippen LogP contribution in [0, 0.1) is 20.8 Å². The maximum Gasteiger partial charge on any atom is 0.246 e. The van der Waals surface area contributed by atoms with E-state index in [2.05, 4.69) is 0 Å². The predicted octanol–water partition coefficient (Wildman–Crippen LogP) is 3.86. The first-order valence-corrected chi connectivity index (χ1v) is 7.25. The summed E-state index contributed by atoms with van der Waals surface area (Å²) in [6.45, 7) is 7.90. The molecule has 0 atom stereocenters. The summed E-state index contributed by atoms with van der Waals surface area (Å²) in [5, 5.41) is 1.07. The minimum atomic E-state index is -0.0441. The average Bonchev–Trinajstić information content (AvgIpc) is 2.75. The largest absolute Gasteiger partial charge is 0.496 e. The lowest BCUT2D eigenvalue weighted by atomic mass is 9.98. The molecule has 1 aromatic carbocycles. The Morgan fingerprint density at radius 1 is 1.23 bits per heavy atom. The topological polar surface area (TPSA) is 42.7 Å². The molecule has 0 aliphatic carbocycles. The lowest BCUT2D eigenvalue weighted by Crippen LogP contribution is -2.19. The van der Waals surface area contributed by atoms with Crippen LogP contribution in [0.25, 0.3) is 16.5 Å². The number of aryl methyl sites for hydroxylation is 3.